The molecule has 3 aromatic rings. The molecule has 5 nitrogen and oxygen atoms in total. The number of hydrogen-bond acceptors (Lipinski definition) is 4. The number of hydrogen-bond donors (Lipinski definition) is 1. The molecule has 0 unspecified atom stereocenters. The van der Waals surface area contributed by atoms with E-state index in [4.69, 9.17) is 0 Å². The minimum atomic E-state index is -0.463. The molecule has 28 heavy (non-hydrogen) atoms. The van der Waals surface area contributed by atoms with Crippen molar-refractivity contribution in [2.45, 2.75) is 10.6 Å². The maximum atomic E-state index is 12.1. The van der Waals surface area contributed by atoms with Gasteiger partial charge >= 0.3 is 0 Å². The van der Waals surface area contributed by atoms with Crippen LogP contribution in [0.2, 0.25) is 0 Å². The predicted octanol–water partition coefficient (Wildman–Crippen LogP) is 5.54. The Morgan fingerprint density at radius 3 is 2.46 bits per heavy atom. The van der Waals surface area contributed by atoms with Crippen LogP contribution in [0.3, 0.4) is 0 Å². The molecule has 6 heteroatoms. The van der Waals surface area contributed by atoms with Crippen LogP contribution in [-0.4, -0.2) is 10.8 Å². The van der Waals surface area contributed by atoms with Crippen LogP contribution in [0.15, 0.2) is 89.8 Å². The fraction of sp³-hybridized carbons (Fsp3) is 0.0455. The van der Waals surface area contributed by atoms with Gasteiger partial charge in [-0.05, 0) is 41.5 Å². The van der Waals surface area contributed by atoms with Crippen LogP contribution >= 0.6 is 11.8 Å². The number of nitrogens with zero attached hydrogens (tertiary/aromatic N) is 1. The van der Waals surface area contributed by atoms with Crippen molar-refractivity contribution in [1.29, 1.82) is 0 Å². The quantitative estimate of drug-likeness (QED) is 0.249. The first-order chi connectivity index (χ1) is 13.6. The van der Waals surface area contributed by atoms with Crippen molar-refractivity contribution in [2.24, 2.45) is 0 Å². The zero-order chi connectivity index (χ0) is 19.8. The van der Waals surface area contributed by atoms with Crippen molar-refractivity contribution >= 4 is 35.1 Å². The van der Waals surface area contributed by atoms with Gasteiger partial charge in [-0.25, -0.2) is 0 Å². The summed E-state index contributed by atoms with van der Waals surface area (Å²) in [5.41, 5.74) is 2.45. The lowest BCUT2D eigenvalue weighted by atomic mass is 10.2. The van der Waals surface area contributed by atoms with Gasteiger partial charge in [0.1, 0.15) is 0 Å². The Morgan fingerprint density at radius 2 is 1.75 bits per heavy atom. The highest BCUT2D eigenvalue weighted by molar-refractivity contribution is 7.98. The van der Waals surface area contributed by atoms with Crippen LogP contribution in [0.25, 0.3) is 6.08 Å². The third-order valence-corrected chi connectivity index (χ3v) is 4.96. The summed E-state index contributed by atoms with van der Waals surface area (Å²) in [6, 6.07) is 24.0. The van der Waals surface area contributed by atoms with Crippen LogP contribution in [0, 0.1) is 10.1 Å². The van der Waals surface area contributed by atoms with Crippen molar-refractivity contribution in [3.8, 4) is 0 Å². The highest BCUT2D eigenvalue weighted by atomic mass is 32.2. The van der Waals surface area contributed by atoms with Crippen LogP contribution in [0.5, 0.6) is 0 Å². The molecule has 0 spiro atoms. The number of amides is 1. The second-order valence-corrected chi connectivity index (χ2v) is 7.02. The van der Waals surface area contributed by atoms with Crippen LogP contribution in [-0.2, 0) is 10.5 Å². The number of carbonyl (C=O) groups excluding carboxylic acids is 1. The average molecular weight is 390 g/mol. The monoisotopic (exact) mass is 390 g/mol. The molecule has 0 saturated carbocycles. The van der Waals surface area contributed by atoms with Gasteiger partial charge in [0.25, 0.3) is 5.69 Å². The largest absolute Gasteiger partial charge is 0.323 e. The Morgan fingerprint density at radius 1 is 1.00 bits per heavy atom. The average Bonchev–Trinajstić information content (AvgIpc) is 2.73. The molecule has 3 rings (SSSR count). The number of carbonyl (C=O) groups is 1. The molecular formula is C22H18N2O3S. The highest BCUT2D eigenvalue weighted by Crippen LogP contribution is 2.23. The number of rotatable bonds is 7. The molecule has 0 atom stereocenters. The van der Waals surface area contributed by atoms with E-state index in [0.717, 1.165) is 5.75 Å². The summed E-state index contributed by atoms with van der Waals surface area (Å²) < 4.78 is 0. The van der Waals surface area contributed by atoms with E-state index in [9.17, 15) is 14.9 Å². The maximum Gasteiger partial charge on any atom is 0.270 e. The maximum absolute atomic E-state index is 12.1. The minimum Gasteiger partial charge on any atom is -0.323 e. The summed E-state index contributed by atoms with van der Waals surface area (Å²) >= 11 is 1.76. The molecule has 1 amide bonds. The molecule has 140 valence electrons. The van der Waals surface area contributed by atoms with Crippen molar-refractivity contribution in [2.75, 3.05) is 5.32 Å². The van der Waals surface area contributed by atoms with Gasteiger partial charge in [0.15, 0.2) is 0 Å². The van der Waals surface area contributed by atoms with Gasteiger partial charge in [0.05, 0.1) is 4.92 Å². The summed E-state index contributed by atoms with van der Waals surface area (Å²) in [4.78, 5) is 23.6. The number of thioether (sulfide) groups is 1. The molecule has 0 saturated heterocycles. The topological polar surface area (TPSA) is 72.2 Å². The molecule has 3 aromatic carbocycles. The van der Waals surface area contributed by atoms with E-state index in [1.807, 2.05) is 42.5 Å². The summed E-state index contributed by atoms with van der Waals surface area (Å²) in [7, 11) is 0. The predicted molar refractivity (Wildman–Crippen MR) is 113 cm³/mol. The second-order valence-electron chi connectivity index (χ2n) is 5.97. The van der Waals surface area contributed by atoms with Crippen LogP contribution in [0.1, 0.15) is 11.1 Å². The summed E-state index contributed by atoms with van der Waals surface area (Å²) in [6.45, 7) is 0. The first-order valence-electron chi connectivity index (χ1n) is 8.60. The first kappa shape index (κ1) is 19.4. The SMILES string of the molecule is O=C(/C=C/c1cccc([N+](=O)[O-])c1)Nc1ccc(CSc2ccccc2)cc1. The van der Waals surface area contributed by atoms with Gasteiger partial charge in [-0.3, -0.25) is 14.9 Å². The summed E-state index contributed by atoms with van der Waals surface area (Å²) in [6.07, 6.45) is 2.91. The van der Waals surface area contributed by atoms with Gasteiger partial charge in [-0.15, -0.1) is 11.8 Å². The molecule has 0 bridgehead atoms. The van der Waals surface area contributed by atoms with Crippen LogP contribution < -0.4 is 5.32 Å². The molecule has 0 fully saturated rings. The Bertz CT molecular complexity index is 986. The van der Waals surface area contributed by atoms with E-state index in [1.54, 1.807) is 30.0 Å². The van der Waals surface area contributed by atoms with E-state index in [1.165, 1.54) is 28.7 Å². The van der Waals surface area contributed by atoms with Gasteiger partial charge in [0.2, 0.25) is 5.91 Å². The lowest BCUT2D eigenvalue weighted by Gasteiger charge is -2.05. The molecule has 0 aliphatic heterocycles. The standard InChI is InChI=1S/C22H18N2O3S/c25-22(14-11-17-5-4-6-20(15-17)24(26)27)23-19-12-9-18(10-13-19)16-28-21-7-2-1-3-8-21/h1-15H,16H2,(H,23,25)/b14-11+. The molecule has 0 heterocycles. The van der Waals surface area contributed by atoms with Gasteiger partial charge in [-0.1, -0.05) is 42.5 Å². The lowest BCUT2D eigenvalue weighted by molar-refractivity contribution is -0.384. The van der Waals surface area contributed by atoms with Gasteiger partial charge < -0.3 is 5.32 Å². The van der Waals surface area contributed by atoms with Crippen molar-refractivity contribution in [3.63, 3.8) is 0 Å². The number of nitro benzene ring substituents is 1. The number of nitrogens with one attached hydrogen (secondary N) is 1. The number of non-ortho nitro benzene ring substituents is 1. The Hall–Kier alpha value is -3.38. The zero-order valence-electron chi connectivity index (χ0n) is 14.9. The van der Waals surface area contributed by atoms with E-state index < -0.39 is 4.92 Å². The molecule has 0 aliphatic rings. The van der Waals surface area contributed by atoms with Crippen molar-refractivity contribution in [1.82, 2.24) is 0 Å². The van der Waals surface area contributed by atoms with Crippen molar-refractivity contribution in [3.05, 3.63) is 106 Å². The normalized spacial score (nSPS) is 10.7. The van der Waals surface area contributed by atoms with Gasteiger partial charge in [0, 0.05) is 34.5 Å². The Kier molecular flexibility index (Phi) is 6.59. The minimum absolute atomic E-state index is 0.00785. The fourth-order valence-corrected chi connectivity index (χ4v) is 3.34. The number of nitro groups is 1. The zero-order valence-corrected chi connectivity index (χ0v) is 15.8. The van der Waals surface area contributed by atoms with E-state index >= 15 is 0 Å². The molecule has 1 N–H and O–H groups in total. The number of anilines is 1. The third kappa shape index (κ3) is 5.82. The smallest absolute Gasteiger partial charge is 0.270 e. The first-order valence-corrected chi connectivity index (χ1v) is 9.59. The fourth-order valence-electron chi connectivity index (χ4n) is 2.47. The van der Waals surface area contributed by atoms with Crippen LogP contribution in [0.4, 0.5) is 11.4 Å². The molecular weight excluding hydrogens is 372 g/mol. The number of benzene rings is 3. The van der Waals surface area contributed by atoms with Crippen molar-refractivity contribution < 1.29 is 9.72 Å². The van der Waals surface area contributed by atoms with E-state index in [-0.39, 0.29) is 11.6 Å². The Labute approximate surface area is 167 Å². The third-order valence-electron chi connectivity index (χ3n) is 3.88. The summed E-state index contributed by atoms with van der Waals surface area (Å²) in [5.74, 6) is 0.559. The molecule has 0 aromatic heterocycles. The Balaban J connectivity index is 1.54. The molecule has 0 aliphatic carbocycles. The van der Waals surface area contributed by atoms with E-state index in [0.29, 0.717) is 11.3 Å². The van der Waals surface area contributed by atoms with Gasteiger partial charge in [-0.2, -0.15) is 0 Å². The summed E-state index contributed by atoms with van der Waals surface area (Å²) in [5, 5.41) is 13.6. The molecule has 0 radical (unpaired) electrons. The highest BCUT2D eigenvalue weighted by Gasteiger charge is 2.04. The second kappa shape index (κ2) is 9.53. The van der Waals surface area contributed by atoms with E-state index in [2.05, 4.69) is 17.4 Å². The lowest BCUT2D eigenvalue weighted by Crippen LogP contribution is -2.07.